The Hall–Kier alpha value is -8.67. The summed E-state index contributed by atoms with van der Waals surface area (Å²) < 4.78 is 4.65. The first-order valence-corrected chi connectivity index (χ1v) is 21.8. The van der Waals surface area contributed by atoms with Crippen LogP contribution in [0.3, 0.4) is 0 Å². The number of benzene rings is 10. The molecule has 4 aromatic heterocycles. The van der Waals surface area contributed by atoms with Crippen molar-refractivity contribution in [2.45, 2.75) is 0 Å². The first kappa shape index (κ1) is 35.0. The lowest BCUT2D eigenvalue weighted by Crippen LogP contribution is -2.04. The summed E-state index contributed by atoms with van der Waals surface area (Å²) in [4.78, 5) is 15.7. The van der Waals surface area contributed by atoms with Crippen molar-refractivity contribution in [3.8, 4) is 34.0 Å². The van der Waals surface area contributed by atoms with Crippen LogP contribution in [0.2, 0.25) is 0 Å². The van der Waals surface area contributed by atoms with Crippen LogP contribution in [0.5, 0.6) is 0 Å². The lowest BCUT2D eigenvalue weighted by Gasteiger charge is -2.13. The molecule has 0 fully saturated rings. The van der Waals surface area contributed by atoms with E-state index in [-0.39, 0.29) is 0 Å². The highest BCUT2D eigenvalue weighted by Crippen LogP contribution is 2.41. The second kappa shape index (κ2) is 13.4. The van der Waals surface area contributed by atoms with Crippen LogP contribution in [-0.4, -0.2) is 24.1 Å². The highest BCUT2D eigenvalue weighted by molar-refractivity contribution is 6.26. The minimum Gasteiger partial charge on any atom is -0.309 e. The van der Waals surface area contributed by atoms with Crippen LogP contribution in [0, 0.1) is 0 Å². The molecule has 0 atom stereocenters. The molecule has 0 saturated carbocycles. The van der Waals surface area contributed by atoms with Crippen molar-refractivity contribution in [1.29, 1.82) is 0 Å². The third-order valence-electron chi connectivity index (χ3n) is 13.3. The molecule has 0 amide bonds. The number of aromatic nitrogens is 5. The highest BCUT2D eigenvalue weighted by Gasteiger charge is 2.21. The molecule has 0 aliphatic carbocycles. The zero-order valence-corrected chi connectivity index (χ0v) is 34.4. The number of hydrogen-bond donors (Lipinski definition) is 0. The summed E-state index contributed by atoms with van der Waals surface area (Å²) in [7, 11) is 0. The van der Waals surface area contributed by atoms with Gasteiger partial charge in [-0.05, 0) is 121 Å². The maximum absolute atomic E-state index is 5.51. The van der Waals surface area contributed by atoms with Gasteiger partial charge in [-0.25, -0.2) is 9.97 Å². The molecule has 10 aromatic carbocycles. The summed E-state index contributed by atoms with van der Waals surface area (Å²) in [6.07, 6.45) is 1.84. The fourth-order valence-corrected chi connectivity index (χ4v) is 10.4. The molecule has 0 N–H and O–H groups in total. The summed E-state index contributed by atoms with van der Waals surface area (Å²) in [6, 6.07) is 74.4. The van der Waals surface area contributed by atoms with Crippen molar-refractivity contribution < 1.29 is 0 Å². The van der Waals surface area contributed by atoms with Gasteiger partial charge < -0.3 is 4.57 Å². The minimum atomic E-state index is 0.644. The van der Waals surface area contributed by atoms with Crippen molar-refractivity contribution in [2.75, 3.05) is 0 Å². The van der Waals surface area contributed by atoms with Gasteiger partial charge in [0.15, 0.2) is 11.6 Å². The largest absolute Gasteiger partial charge is 0.309 e. The van der Waals surface area contributed by atoms with E-state index in [1.807, 2.05) is 18.3 Å². The summed E-state index contributed by atoms with van der Waals surface area (Å²) in [5.74, 6) is 1.39. The van der Waals surface area contributed by atoms with Gasteiger partial charge in [0, 0.05) is 39.0 Å². The van der Waals surface area contributed by atoms with Gasteiger partial charge in [-0.1, -0.05) is 140 Å². The van der Waals surface area contributed by atoms with Crippen molar-refractivity contribution in [2.24, 2.45) is 0 Å². The molecule has 4 heterocycles. The zero-order chi connectivity index (χ0) is 41.9. The smallest absolute Gasteiger partial charge is 0.168 e. The number of rotatable bonds is 4. The first-order chi connectivity index (χ1) is 31.7. The summed E-state index contributed by atoms with van der Waals surface area (Å²) in [6.45, 7) is 0. The molecule has 0 bridgehead atoms. The second-order valence-electron chi connectivity index (χ2n) is 16.8. The predicted octanol–water partition coefficient (Wildman–Crippen LogP) is 15.2. The molecule has 0 saturated heterocycles. The highest BCUT2D eigenvalue weighted by atomic mass is 15.1. The monoisotopic (exact) mass is 813 g/mol. The average Bonchev–Trinajstić information content (AvgIpc) is 3.86. The van der Waals surface area contributed by atoms with E-state index in [1.54, 1.807) is 0 Å². The summed E-state index contributed by atoms with van der Waals surface area (Å²) >= 11 is 0. The molecule has 64 heavy (non-hydrogen) atoms. The molecule has 14 rings (SSSR count). The Kier molecular flexibility index (Phi) is 7.33. The van der Waals surface area contributed by atoms with Gasteiger partial charge in [0.25, 0.3) is 0 Å². The van der Waals surface area contributed by atoms with Gasteiger partial charge in [-0.3, -0.25) is 9.55 Å². The molecular weight excluding hydrogens is 779 g/mol. The van der Waals surface area contributed by atoms with Gasteiger partial charge in [0.05, 0.1) is 27.6 Å². The Morgan fingerprint density at radius 1 is 0.312 bits per heavy atom. The van der Waals surface area contributed by atoms with E-state index in [0.717, 1.165) is 66.5 Å². The summed E-state index contributed by atoms with van der Waals surface area (Å²) in [5, 5.41) is 14.7. The van der Waals surface area contributed by atoms with Crippen molar-refractivity contribution in [3.63, 3.8) is 0 Å². The van der Waals surface area contributed by atoms with E-state index in [0.29, 0.717) is 5.82 Å². The van der Waals surface area contributed by atoms with Gasteiger partial charge in [-0.2, -0.15) is 0 Å². The van der Waals surface area contributed by atoms with E-state index < -0.39 is 0 Å². The Labute approximate surface area is 366 Å². The Morgan fingerprint density at radius 2 is 0.859 bits per heavy atom. The molecule has 0 radical (unpaired) electrons. The zero-order valence-electron chi connectivity index (χ0n) is 34.4. The number of nitrogens with zero attached hydrogens (tertiary/aromatic N) is 5. The minimum absolute atomic E-state index is 0.644. The molecular formula is C59H35N5. The quantitative estimate of drug-likeness (QED) is 0.166. The maximum Gasteiger partial charge on any atom is 0.168 e. The number of hydrogen-bond acceptors (Lipinski definition) is 3. The van der Waals surface area contributed by atoms with E-state index in [1.165, 1.54) is 59.4 Å². The van der Waals surface area contributed by atoms with Crippen LogP contribution in [0.15, 0.2) is 212 Å². The second-order valence-corrected chi connectivity index (χ2v) is 16.8. The Bertz CT molecular complexity index is 4220. The van der Waals surface area contributed by atoms with Crippen LogP contribution < -0.4 is 0 Å². The van der Waals surface area contributed by atoms with E-state index >= 15 is 0 Å². The fraction of sp³-hybridized carbons (Fsp3) is 0. The first-order valence-electron chi connectivity index (χ1n) is 21.8. The molecule has 0 spiro atoms. The molecule has 0 unspecified atom stereocenters. The van der Waals surface area contributed by atoms with Crippen molar-refractivity contribution in [1.82, 2.24) is 24.1 Å². The van der Waals surface area contributed by atoms with Crippen LogP contribution in [-0.2, 0) is 0 Å². The van der Waals surface area contributed by atoms with E-state index in [2.05, 4.69) is 203 Å². The summed E-state index contributed by atoms with van der Waals surface area (Å²) in [5.41, 5.74) is 10.3. The van der Waals surface area contributed by atoms with Crippen molar-refractivity contribution in [3.05, 3.63) is 212 Å². The van der Waals surface area contributed by atoms with Gasteiger partial charge in [-0.15, -0.1) is 0 Å². The SMILES string of the molecule is c1ccc(-n2c3ccccc3c3ccc(-c4nc(-n5c6ccc(-c7ccc8c9ccccc9c9ccccc9c8c7)cc6c6cc7ccccc7cc65)c5ncccc5n4)cc32)cc1. The Morgan fingerprint density at radius 3 is 1.64 bits per heavy atom. The normalized spacial score (nSPS) is 12.1. The van der Waals surface area contributed by atoms with Gasteiger partial charge >= 0.3 is 0 Å². The molecule has 14 aromatic rings. The lowest BCUT2D eigenvalue weighted by molar-refractivity contribution is 1.06. The van der Waals surface area contributed by atoms with Gasteiger partial charge in [0.1, 0.15) is 5.52 Å². The van der Waals surface area contributed by atoms with Crippen molar-refractivity contribution >= 4 is 97.7 Å². The predicted molar refractivity (Wildman–Crippen MR) is 267 cm³/mol. The maximum atomic E-state index is 5.51. The van der Waals surface area contributed by atoms with E-state index in [4.69, 9.17) is 15.0 Å². The lowest BCUT2D eigenvalue weighted by atomic mass is 9.92. The van der Waals surface area contributed by atoms with Crippen LogP contribution in [0.1, 0.15) is 0 Å². The van der Waals surface area contributed by atoms with Crippen LogP contribution >= 0.6 is 0 Å². The molecule has 0 aliphatic heterocycles. The fourth-order valence-electron chi connectivity index (χ4n) is 10.4. The molecule has 0 aliphatic rings. The van der Waals surface area contributed by atoms with Crippen LogP contribution in [0.25, 0.3) is 132 Å². The third kappa shape index (κ3) is 5.09. The third-order valence-corrected chi connectivity index (χ3v) is 13.3. The van der Waals surface area contributed by atoms with E-state index in [9.17, 15) is 0 Å². The van der Waals surface area contributed by atoms with Gasteiger partial charge in [0.2, 0.25) is 0 Å². The number of para-hydroxylation sites is 2. The standard InChI is InChI=1S/C59H35N5/c1-2-15-41(16-3-1)63-53-23-11-10-21-47(53)48-28-25-40(35-55(48)63)58-61-52-22-12-30-60-57(52)59(62-58)64-54-29-26-39(33-50(54)51-32-36-13-4-5-14-37(36)34-56(51)64)38-24-27-46-44-19-7-6-17-42(44)43-18-8-9-20-45(43)49(46)31-38/h1-35H. The number of pyridine rings is 1. The molecule has 5 nitrogen and oxygen atoms in total. The number of fused-ring (bicyclic) bond motifs is 14. The topological polar surface area (TPSA) is 48.5 Å². The average molecular weight is 814 g/mol. The molecule has 5 heteroatoms. The van der Waals surface area contributed by atoms with Crippen LogP contribution in [0.4, 0.5) is 0 Å². The Balaban J connectivity index is 1.01. The molecule has 296 valence electrons.